The molecule has 0 aliphatic heterocycles. The number of sulfonamides is 1. The Morgan fingerprint density at radius 1 is 0.818 bits per heavy atom. The van der Waals surface area contributed by atoms with E-state index in [4.69, 9.17) is 9.47 Å². The summed E-state index contributed by atoms with van der Waals surface area (Å²) in [6.45, 7) is 2.38. The average molecular weight is 464 g/mol. The van der Waals surface area contributed by atoms with E-state index in [1.165, 1.54) is 4.31 Å². The van der Waals surface area contributed by atoms with Gasteiger partial charge in [0, 0.05) is 18.7 Å². The summed E-state index contributed by atoms with van der Waals surface area (Å²) in [5.41, 5.74) is 2.83. The Kier molecular flexibility index (Phi) is 8.46. The average Bonchev–Trinajstić information content (AvgIpc) is 2.83. The molecule has 0 saturated carbocycles. The molecule has 0 aliphatic rings. The van der Waals surface area contributed by atoms with Crippen molar-refractivity contribution < 1.29 is 17.9 Å². The second-order valence-corrected chi connectivity index (χ2v) is 9.40. The summed E-state index contributed by atoms with van der Waals surface area (Å²) in [6, 6.07) is 22.2. The molecule has 3 aromatic carbocycles. The Balaban J connectivity index is 1.86. The highest BCUT2D eigenvalue weighted by Crippen LogP contribution is 2.25. The number of nitrogens with zero attached hydrogens (tertiary/aromatic N) is 1. The van der Waals surface area contributed by atoms with Crippen LogP contribution in [0.15, 0.2) is 89.8 Å². The fourth-order valence-electron chi connectivity index (χ4n) is 3.27. The molecule has 172 valence electrons. The molecule has 3 aromatic rings. The summed E-state index contributed by atoms with van der Waals surface area (Å²) >= 11 is 0. The van der Waals surface area contributed by atoms with Gasteiger partial charge in [0.05, 0.1) is 19.1 Å². The van der Waals surface area contributed by atoms with Gasteiger partial charge in [-0.1, -0.05) is 72.3 Å². The molecular weight excluding hydrogens is 434 g/mol. The molecule has 0 bridgehead atoms. The van der Waals surface area contributed by atoms with Gasteiger partial charge in [-0.3, -0.25) is 0 Å². The third-order valence-electron chi connectivity index (χ3n) is 5.12. The number of hydrogen-bond acceptors (Lipinski definition) is 4. The van der Waals surface area contributed by atoms with E-state index in [0.717, 1.165) is 16.7 Å². The molecule has 0 aliphatic carbocycles. The predicted octanol–water partition coefficient (Wildman–Crippen LogP) is 5.43. The molecule has 0 atom stereocenters. The molecule has 0 fully saturated rings. The number of ether oxygens (including phenoxy) is 2. The third kappa shape index (κ3) is 6.57. The van der Waals surface area contributed by atoms with Crippen LogP contribution >= 0.6 is 0 Å². The fourth-order valence-corrected chi connectivity index (χ4v) is 4.61. The molecule has 0 saturated heterocycles. The van der Waals surface area contributed by atoms with Gasteiger partial charge in [-0.2, -0.15) is 4.31 Å². The Labute approximate surface area is 196 Å². The Hall–Kier alpha value is -3.35. The van der Waals surface area contributed by atoms with E-state index in [0.29, 0.717) is 11.5 Å². The van der Waals surface area contributed by atoms with E-state index in [2.05, 4.69) is 0 Å². The first kappa shape index (κ1) is 24.3. The van der Waals surface area contributed by atoms with Crippen LogP contribution < -0.4 is 9.47 Å². The van der Waals surface area contributed by atoms with Gasteiger partial charge in [0.2, 0.25) is 10.0 Å². The van der Waals surface area contributed by atoms with Crippen LogP contribution in [-0.4, -0.2) is 40.0 Å². The zero-order valence-corrected chi connectivity index (χ0v) is 20.0. The third-order valence-corrected chi connectivity index (χ3v) is 6.97. The van der Waals surface area contributed by atoms with Crippen LogP contribution in [0.1, 0.15) is 16.7 Å². The second-order valence-electron chi connectivity index (χ2n) is 7.46. The molecule has 0 radical (unpaired) electrons. The van der Waals surface area contributed by atoms with Gasteiger partial charge in [-0.25, -0.2) is 8.42 Å². The quantitative estimate of drug-likeness (QED) is 0.402. The summed E-state index contributed by atoms with van der Waals surface area (Å²) < 4.78 is 38.9. The van der Waals surface area contributed by atoms with Crippen molar-refractivity contribution in [1.29, 1.82) is 0 Å². The van der Waals surface area contributed by atoms with Gasteiger partial charge in [-0.15, -0.1) is 0 Å². The van der Waals surface area contributed by atoms with Crippen LogP contribution in [0.5, 0.6) is 11.5 Å². The van der Waals surface area contributed by atoms with Gasteiger partial charge >= 0.3 is 0 Å². The van der Waals surface area contributed by atoms with E-state index in [-0.39, 0.29) is 18.0 Å². The zero-order chi connectivity index (χ0) is 23.7. The normalized spacial score (nSPS) is 12.0. The minimum Gasteiger partial charge on any atom is -0.497 e. The molecule has 0 unspecified atom stereocenters. The first-order chi connectivity index (χ1) is 15.9. The second kappa shape index (κ2) is 11.5. The summed E-state index contributed by atoms with van der Waals surface area (Å²) in [6.07, 6.45) is 7.45. The highest BCUT2D eigenvalue weighted by Gasteiger charge is 2.22. The summed E-state index contributed by atoms with van der Waals surface area (Å²) in [7, 11) is -0.480. The summed E-state index contributed by atoms with van der Waals surface area (Å²) in [4.78, 5) is 0.272. The van der Waals surface area contributed by atoms with E-state index < -0.39 is 10.0 Å². The van der Waals surface area contributed by atoms with Crippen molar-refractivity contribution in [1.82, 2.24) is 4.31 Å². The van der Waals surface area contributed by atoms with Gasteiger partial charge in [0.15, 0.2) is 0 Å². The van der Waals surface area contributed by atoms with E-state index in [1.54, 1.807) is 26.4 Å². The zero-order valence-electron chi connectivity index (χ0n) is 19.1. The molecule has 0 spiro atoms. The molecule has 0 aromatic heterocycles. The minimum absolute atomic E-state index is 0.204. The number of hydrogen-bond donors (Lipinski definition) is 0. The monoisotopic (exact) mass is 463 g/mol. The van der Waals surface area contributed by atoms with Gasteiger partial charge in [0.1, 0.15) is 11.5 Å². The standard InChI is InChI=1S/C27H29NO4S/c1-22-13-16-26(17-14-22)33(29,30)28(19-7-11-23-9-5-4-6-10-23)20-8-12-24-21-25(31-2)15-18-27(24)32-3/h4-18,21H,19-20H2,1-3H3/b11-7+,12-8+. The Morgan fingerprint density at radius 2 is 1.48 bits per heavy atom. The van der Waals surface area contributed by atoms with Gasteiger partial charge < -0.3 is 9.47 Å². The highest BCUT2D eigenvalue weighted by molar-refractivity contribution is 7.89. The van der Waals surface area contributed by atoms with Crippen LogP contribution in [0, 0.1) is 6.92 Å². The maximum absolute atomic E-state index is 13.4. The molecule has 6 heteroatoms. The van der Waals surface area contributed by atoms with Gasteiger partial charge in [-0.05, 0) is 42.8 Å². The molecule has 0 amide bonds. The summed E-state index contributed by atoms with van der Waals surface area (Å²) in [5.74, 6) is 1.38. The predicted molar refractivity (Wildman–Crippen MR) is 134 cm³/mol. The first-order valence-electron chi connectivity index (χ1n) is 10.6. The lowest BCUT2D eigenvalue weighted by molar-refractivity contribution is 0.402. The fraction of sp³-hybridized carbons (Fsp3) is 0.185. The largest absolute Gasteiger partial charge is 0.497 e. The molecule has 5 nitrogen and oxygen atoms in total. The van der Waals surface area contributed by atoms with Gasteiger partial charge in [0.25, 0.3) is 0 Å². The van der Waals surface area contributed by atoms with Crippen LogP contribution in [0.2, 0.25) is 0 Å². The number of methoxy groups -OCH3 is 2. The van der Waals surface area contributed by atoms with E-state index in [9.17, 15) is 8.42 Å². The lowest BCUT2D eigenvalue weighted by Gasteiger charge is -2.19. The van der Waals surface area contributed by atoms with Crippen molar-refractivity contribution in [2.45, 2.75) is 11.8 Å². The van der Waals surface area contributed by atoms with Crippen LogP contribution in [0.4, 0.5) is 0 Å². The van der Waals surface area contributed by atoms with Crippen molar-refractivity contribution in [3.05, 3.63) is 102 Å². The van der Waals surface area contributed by atoms with Crippen molar-refractivity contribution in [2.24, 2.45) is 0 Å². The number of benzene rings is 3. The minimum atomic E-state index is -3.68. The maximum Gasteiger partial charge on any atom is 0.243 e. The van der Waals surface area contributed by atoms with E-state index in [1.807, 2.05) is 91.9 Å². The SMILES string of the molecule is COc1ccc(OC)c(/C=C/CN(C/C=C/c2ccccc2)S(=O)(=O)c2ccc(C)cc2)c1. The number of rotatable bonds is 10. The highest BCUT2D eigenvalue weighted by atomic mass is 32.2. The number of aryl methyl sites for hydroxylation is 1. The molecule has 0 heterocycles. The van der Waals surface area contributed by atoms with Crippen LogP contribution in [0.3, 0.4) is 0 Å². The Morgan fingerprint density at radius 3 is 2.12 bits per heavy atom. The lowest BCUT2D eigenvalue weighted by Crippen LogP contribution is -2.31. The maximum atomic E-state index is 13.4. The molecular formula is C27H29NO4S. The van der Waals surface area contributed by atoms with Crippen LogP contribution in [0.25, 0.3) is 12.2 Å². The van der Waals surface area contributed by atoms with Crippen molar-refractivity contribution in [3.8, 4) is 11.5 Å². The van der Waals surface area contributed by atoms with Crippen molar-refractivity contribution in [3.63, 3.8) is 0 Å². The Bertz CT molecular complexity index is 1200. The van der Waals surface area contributed by atoms with Crippen LogP contribution in [-0.2, 0) is 10.0 Å². The topological polar surface area (TPSA) is 55.8 Å². The lowest BCUT2D eigenvalue weighted by atomic mass is 10.1. The first-order valence-corrected chi connectivity index (χ1v) is 12.0. The summed E-state index contributed by atoms with van der Waals surface area (Å²) in [5, 5.41) is 0. The smallest absolute Gasteiger partial charge is 0.243 e. The van der Waals surface area contributed by atoms with E-state index >= 15 is 0 Å². The molecule has 3 rings (SSSR count). The molecule has 0 N–H and O–H groups in total. The molecule has 33 heavy (non-hydrogen) atoms. The van der Waals surface area contributed by atoms with Crippen molar-refractivity contribution >= 4 is 22.2 Å². The van der Waals surface area contributed by atoms with Crippen molar-refractivity contribution in [2.75, 3.05) is 27.3 Å².